The van der Waals surface area contributed by atoms with E-state index in [0.29, 0.717) is 6.61 Å². The molecule has 0 radical (unpaired) electrons. The maximum absolute atomic E-state index is 11.8. The normalized spacial score (nSPS) is 11.8. The zero-order chi connectivity index (χ0) is 13.6. The van der Waals surface area contributed by atoms with Gasteiger partial charge in [0, 0.05) is 6.54 Å². The topological polar surface area (TPSA) is 119 Å². The summed E-state index contributed by atoms with van der Waals surface area (Å²) < 4.78 is 31.2. The molecule has 0 saturated heterocycles. The van der Waals surface area contributed by atoms with E-state index in [2.05, 4.69) is 20.1 Å². The quantitative estimate of drug-likeness (QED) is 0.347. The maximum Gasteiger partial charge on any atom is 0.243 e. The first kappa shape index (κ1) is 14.8. The molecule has 1 heterocycles. The van der Waals surface area contributed by atoms with Crippen molar-refractivity contribution in [1.29, 1.82) is 0 Å². The predicted molar refractivity (Wildman–Crippen MR) is 66.1 cm³/mol. The number of sulfonamides is 1. The van der Waals surface area contributed by atoms with Gasteiger partial charge in [-0.05, 0) is 13.8 Å². The van der Waals surface area contributed by atoms with Crippen LogP contribution in [0.2, 0.25) is 0 Å². The Morgan fingerprint density at radius 2 is 2.00 bits per heavy atom. The van der Waals surface area contributed by atoms with Crippen LogP contribution >= 0.6 is 0 Å². The molecule has 4 N–H and O–H groups in total. The van der Waals surface area contributed by atoms with E-state index in [4.69, 9.17) is 10.6 Å². The third kappa shape index (κ3) is 4.53. The maximum atomic E-state index is 11.8. The number of nitrogen functional groups attached to an aromatic ring is 1. The van der Waals surface area contributed by atoms with Gasteiger partial charge in [-0.2, -0.15) is 0 Å². The molecule has 0 bridgehead atoms. The predicted octanol–water partition coefficient (Wildman–Crippen LogP) is -0.534. The molecule has 0 aliphatic rings. The molecule has 0 spiro atoms. The number of hydrogen-bond acceptors (Lipinski definition) is 7. The van der Waals surface area contributed by atoms with Crippen LogP contribution in [0, 0.1) is 0 Å². The molecule has 0 unspecified atom stereocenters. The van der Waals surface area contributed by atoms with Gasteiger partial charge in [-0.25, -0.2) is 29.0 Å². The van der Waals surface area contributed by atoms with E-state index in [1.165, 1.54) is 12.4 Å². The van der Waals surface area contributed by atoms with Crippen LogP contribution in [0.1, 0.15) is 13.8 Å². The smallest absolute Gasteiger partial charge is 0.243 e. The van der Waals surface area contributed by atoms with Crippen LogP contribution < -0.4 is 16.0 Å². The zero-order valence-corrected chi connectivity index (χ0v) is 11.1. The molecular formula is C9H17N5O3S. The van der Waals surface area contributed by atoms with Crippen LogP contribution in [0.3, 0.4) is 0 Å². The number of nitrogens with two attached hydrogens (primary N) is 1. The lowest BCUT2D eigenvalue weighted by atomic mass is 10.5. The van der Waals surface area contributed by atoms with Crippen molar-refractivity contribution < 1.29 is 13.2 Å². The summed E-state index contributed by atoms with van der Waals surface area (Å²) in [4.78, 5) is 7.42. The summed E-state index contributed by atoms with van der Waals surface area (Å²) in [5.41, 5.74) is 2.21. The number of aromatic nitrogens is 2. The summed E-state index contributed by atoms with van der Waals surface area (Å²) in [6.07, 6.45) is 2.41. The van der Waals surface area contributed by atoms with Crippen LogP contribution in [0.25, 0.3) is 0 Å². The van der Waals surface area contributed by atoms with E-state index >= 15 is 0 Å². The van der Waals surface area contributed by atoms with Gasteiger partial charge < -0.3 is 4.74 Å². The molecule has 1 aromatic rings. The number of hydrazine groups is 1. The monoisotopic (exact) mass is 275 g/mol. The second kappa shape index (κ2) is 6.59. The Balaban J connectivity index is 2.57. The highest BCUT2D eigenvalue weighted by atomic mass is 32.2. The van der Waals surface area contributed by atoms with Crippen LogP contribution in [-0.2, 0) is 14.8 Å². The Morgan fingerprint density at radius 1 is 1.39 bits per heavy atom. The van der Waals surface area contributed by atoms with E-state index in [-0.39, 0.29) is 23.5 Å². The van der Waals surface area contributed by atoms with Gasteiger partial charge in [0.15, 0.2) is 0 Å². The van der Waals surface area contributed by atoms with Crippen LogP contribution in [0.5, 0.6) is 0 Å². The lowest BCUT2D eigenvalue weighted by Gasteiger charge is -2.09. The summed E-state index contributed by atoms with van der Waals surface area (Å²) in [5, 5.41) is 0. The minimum absolute atomic E-state index is 0.0222. The lowest BCUT2D eigenvalue weighted by Crippen LogP contribution is -2.28. The van der Waals surface area contributed by atoms with E-state index in [1.807, 2.05) is 13.8 Å². The Hall–Kier alpha value is -1.29. The molecule has 102 valence electrons. The fourth-order valence-corrected chi connectivity index (χ4v) is 1.99. The van der Waals surface area contributed by atoms with Crippen molar-refractivity contribution in [2.24, 2.45) is 5.84 Å². The number of anilines is 1. The van der Waals surface area contributed by atoms with Crippen molar-refractivity contribution in [2.45, 2.75) is 24.8 Å². The Labute approximate surface area is 106 Å². The summed E-state index contributed by atoms with van der Waals surface area (Å²) >= 11 is 0. The molecule has 1 aromatic heterocycles. The highest BCUT2D eigenvalue weighted by Crippen LogP contribution is 2.06. The molecule has 0 aromatic carbocycles. The molecule has 0 atom stereocenters. The Kier molecular flexibility index (Phi) is 5.41. The molecule has 0 aliphatic carbocycles. The molecule has 0 fully saturated rings. The van der Waals surface area contributed by atoms with E-state index < -0.39 is 10.0 Å². The molecule has 0 aliphatic heterocycles. The molecular weight excluding hydrogens is 258 g/mol. The molecule has 8 nitrogen and oxygen atoms in total. The molecule has 18 heavy (non-hydrogen) atoms. The van der Waals surface area contributed by atoms with Gasteiger partial charge in [0.05, 0.1) is 25.1 Å². The number of nitrogens with zero attached hydrogens (tertiary/aromatic N) is 2. The van der Waals surface area contributed by atoms with E-state index in [0.717, 1.165) is 0 Å². The first-order valence-corrected chi connectivity index (χ1v) is 6.84. The van der Waals surface area contributed by atoms with Crippen molar-refractivity contribution in [3.05, 3.63) is 12.4 Å². The zero-order valence-electron chi connectivity index (χ0n) is 10.3. The van der Waals surface area contributed by atoms with Crippen molar-refractivity contribution in [3.8, 4) is 0 Å². The highest BCUT2D eigenvalue weighted by Gasteiger charge is 2.14. The van der Waals surface area contributed by atoms with Gasteiger partial charge in [0.25, 0.3) is 0 Å². The minimum atomic E-state index is -3.61. The van der Waals surface area contributed by atoms with E-state index in [9.17, 15) is 8.42 Å². The first-order chi connectivity index (χ1) is 8.45. The summed E-state index contributed by atoms with van der Waals surface area (Å²) in [6.45, 7) is 4.25. The van der Waals surface area contributed by atoms with Gasteiger partial charge in [-0.3, -0.25) is 5.43 Å². The number of hydrogen-bond donors (Lipinski definition) is 3. The van der Waals surface area contributed by atoms with Gasteiger partial charge in [0.1, 0.15) is 4.90 Å². The number of nitrogens with one attached hydrogen (secondary N) is 2. The van der Waals surface area contributed by atoms with Crippen molar-refractivity contribution in [2.75, 3.05) is 18.6 Å². The van der Waals surface area contributed by atoms with Gasteiger partial charge in [-0.1, -0.05) is 0 Å². The minimum Gasteiger partial charge on any atom is -0.377 e. The Bertz CT molecular complexity index is 460. The van der Waals surface area contributed by atoms with Crippen molar-refractivity contribution in [3.63, 3.8) is 0 Å². The average Bonchev–Trinajstić information content (AvgIpc) is 2.34. The third-order valence-electron chi connectivity index (χ3n) is 1.91. The third-order valence-corrected chi connectivity index (χ3v) is 3.33. The van der Waals surface area contributed by atoms with Crippen LogP contribution in [0.4, 0.5) is 5.95 Å². The standard InChI is InChI=1S/C9H17N5O3S/c1-7(2)17-4-3-13-18(15,16)8-5-11-9(14-10)12-6-8/h5-7,13H,3-4,10H2,1-2H3,(H,11,12,14). The van der Waals surface area contributed by atoms with Crippen LogP contribution in [-0.4, -0.2) is 37.6 Å². The first-order valence-electron chi connectivity index (χ1n) is 5.35. The second-order valence-electron chi connectivity index (χ2n) is 3.70. The van der Waals surface area contributed by atoms with Crippen molar-refractivity contribution in [1.82, 2.24) is 14.7 Å². The number of rotatable bonds is 7. The molecule has 0 amide bonds. The summed E-state index contributed by atoms with van der Waals surface area (Å²) in [5.74, 6) is 5.23. The summed E-state index contributed by atoms with van der Waals surface area (Å²) in [7, 11) is -3.61. The lowest BCUT2D eigenvalue weighted by molar-refractivity contribution is 0.0834. The Morgan fingerprint density at radius 3 is 2.50 bits per heavy atom. The van der Waals surface area contributed by atoms with Gasteiger partial charge in [0.2, 0.25) is 16.0 Å². The van der Waals surface area contributed by atoms with E-state index in [1.54, 1.807) is 0 Å². The average molecular weight is 275 g/mol. The van der Waals surface area contributed by atoms with Crippen molar-refractivity contribution >= 4 is 16.0 Å². The SMILES string of the molecule is CC(C)OCCNS(=O)(=O)c1cnc(NN)nc1. The summed E-state index contributed by atoms with van der Waals surface area (Å²) in [6, 6.07) is 0. The second-order valence-corrected chi connectivity index (χ2v) is 5.47. The fraction of sp³-hybridized carbons (Fsp3) is 0.556. The molecule has 0 saturated carbocycles. The van der Waals surface area contributed by atoms with Gasteiger partial charge in [-0.15, -0.1) is 0 Å². The molecule has 9 heteroatoms. The van der Waals surface area contributed by atoms with Gasteiger partial charge >= 0.3 is 0 Å². The largest absolute Gasteiger partial charge is 0.377 e. The highest BCUT2D eigenvalue weighted by molar-refractivity contribution is 7.89. The number of ether oxygens (including phenoxy) is 1. The van der Waals surface area contributed by atoms with Crippen LogP contribution in [0.15, 0.2) is 17.3 Å². The molecule has 1 rings (SSSR count). The fourth-order valence-electron chi connectivity index (χ4n) is 1.08.